The maximum absolute atomic E-state index is 10.9. The third kappa shape index (κ3) is 3.38. The van der Waals surface area contributed by atoms with Crippen molar-refractivity contribution in [2.75, 3.05) is 6.54 Å². The SMILES string of the molecule is CC.NC(=O)CCN1C(=O)C=CC1=O. The molecule has 2 N–H and O–H groups in total. The van der Waals surface area contributed by atoms with E-state index < -0.39 is 5.91 Å². The van der Waals surface area contributed by atoms with Crippen LogP contribution in [0, 0.1) is 0 Å². The molecule has 1 aliphatic heterocycles. The summed E-state index contributed by atoms with van der Waals surface area (Å²) >= 11 is 0. The Morgan fingerprint density at radius 1 is 1.29 bits per heavy atom. The number of hydrogen-bond acceptors (Lipinski definition) is 3. The van der Waals surface area contributed by atoms with Gasteiger partial charge in [0.05, 0.1) is 0 Å². The Labute approximate surface area is 82.6 Å². The van der Waals surface area contributed by atoms with Crippen LogP contribution in [-0.4, -0.2) is 29.2 Å². The average molecular weight is 198 g/mol. The molecule has 5 nitrogen and oxygen atoms in total. The van der Waals surface area contributed by atoms with Gasteiger partial charge >= 0.3 is 0 Å². The first-order chi connectivity index (χ1) is 6.61. The Hall–Kier alpha value is -1.65. The molecular weight excluding hydrogens is 184 g/mol. The smallest absolute Gasteiger partial charge is 0.253 e. The van der Waals surface area contributed by atoms with Gasteiger partial charge in [-0.05, 0) is 0 Å². The topological polar surface area (TPSA) is 80.5 Å². The van der Waals surface area contributed by atoms with Crippen LogP contribution in [0.5, 0.6) is 0 Å². The molecule has 1 aliphatic rings. The molecule has 1 heterocycles. The van der Waals surface area contributed by atoms with Crippen molar-refractivity contribution in [3.05, 3.63) is 12.2 Å². The summed E-state index contributed by atoms with van der Waals surface area (Å²) in [5, 5.41) is 0. The Balaban J connectivity index is 0.000000791. The zero-order valence-electron chi connectivity index (χ0n) is 8.32. The number of amides is 3. The fourth-order valence-corrected chi connectivity index (χ4v) is 0.874. The summed E-state index contributed by atoms with van der Waals surface area (Å²) in [6.07, 6.45) is 2.35. The van der Waals surface area contributed by atoms with Gasteiger partial charge in [0, 0.05) is 25.1 Å². The standard InChI is InChI=1S/C7H8N2O3.C2H6/c8-5(10)3-4-9-6(11)1-2-7(9)12;1-2/h1-2H,3-4H2,(H2,8,10);1-2H3. The summed E-state index contributed by atoms with van der Waals surface area (Å²) in [6, 6.07) is 0. The molecule has 14 heavy (non-hydrogen) atoms. The third-order valence-electron chi connectivity index (χ3n) is 1.48. The second-order valence-corrected chi connectivity index (χ2v) is 2.38. The zero-order chi connectivity index (χ0) is 11.1. The Morgan fingerprint density at radius 2 is 1.71 bits per heavy atom. The summed E-state index contributed by atoms with van der Waals surface area (Å²) in [7, 11) is 0. The second kappa shape index (κ2) is 5.90. The van der Waals surface area contributed by atoms with Crippen molar-refractivity contribution < 1.29 is 14.4 Å². The van der Waals surface area contributed by atoms with Gasteiger partial charge < -0.3 is 5.73 Å². The molecular formula is C9H14N2O3. The van der Waals surface area contributed by atoms with E-state index in [9.17, 15) is 14.4 Å². The van der Waals surface area contributed by atoms with Gasteiger partial charge in [0.15, 0.2) is 0 Å². The van der Waals surface area contributed by atoms with E-state index in [4.69, 9.17) is 5.73 Å². The number of carbonyl (C=O) groups is 3. The van der Waals surface area contributed by atoms with Crippen LogP contribution in [0.1, 0.15) is 20.3 Å². The van der Waals surface area contributed by atoms with Crippen molar-refractivity contribution in [1.82, 2.24) is 4.90 Å². The lowest BCUT2D eigenvalue weighted by Crippen LogP contribution is -2.33. The van der Waals surface area contributed by atoms with Gasteiger partial charge in [0.25, 0.3) is 11.8 Å². The molecule has 1 rings (SSSR count). The number of nitrogens with two attached hydrogens (primary N) is 1. The van der Waals surface area contributed by atoms with E-state index in [1.807, 2.05) is 13.8 Å². The first-order valence-corrected chi connectivity index (χ1v) is 4.43. The Morgan fingerprint density at radius 3 is 2.07 bits per heavy atom. The van der Waals surface area contributed by atoms with Gasteiger partial charge in [-0.2, -0.15) is 0 Å². The van der Waals surface area contributed by atoms with E-state index in [1.165, 1.54) is 12.2 Å². The predicted molar refractivity (Wildman–Crippen MR) is 51.0 cm³/mol. The normalized spacial score (nSPS) is 14.0. The van der Waals surface area contributed by atoms with E-state index >= 15 is 0 Å². The highest BCUT2D eigenvalue weighted by Crippen LogP contribution is 2.03. The van der Waals surface area contributed by atoms with Crippen molar-refractivity contribution in [2.45, 2.75) is 20.3 Å². The minimum absolute atomic E-state index is 0.0131. The van der Waals surface area contributed by atoms with Crippen LogP contribution in [-0.2, 0) is 14.4 Å². The lowest BCUT2D eigenvalue weighted by molar-refractivity contribution is -0.137. The van der Waals surface area contributed by atoms with Gasteiger partial charge in [-0.25, -0.2) is 0 Å². The summed E-state index contributed by atoms with van der Waals surface area (Å²) < 4.78 is 0. The number of imide groups is 1. The maximum Gasteiger partial charge on any atom is 0.253 e. The zero-order valence-corrected chi connectivity index (χ0v) is 8.32. The highest BCUT2D eigenvalue weighted by Gasteiger charge is 2.22. The number of nitrogens with zero attached hydrogens (tertiary/aromatic N) is 1. The van der Waals surface area contributed by atoms with Crippen LogP contribution in [0.2, 0.25) is 0 Å². The molecule has 0 spiro atoms. The maximum atomic E-state index is 10.9. The van der Waals surface area contributed by atoms with E-state index in [0.717, 1.165) is 4.90 Å². The summed E-state index contributed by atoms with van der Waals surface area (Å²) in [5.41, 5.74) is 4.85. The van der Waals surface area contributed by atoms with E-state index in [-0.39, 0.29) is 24.8 Å². The number of carbonyl (C=O) groups excluding carboxylic acids is 3. The largest absolute Gasteiger partial charge is 0.370 e. The van der Waals surface area contributed by atoms with Gasteiger partial charge in [0.2, 0.25) is 5.91 Å². The van der Waals surface area contributed by atoms with Crippen LogP contribution in [0.15, 0.2) is 12.2 Å². The van der Waals surface area contributed by atoms with Crippen molar-refractivity contribution in [1.29, 1.82) is 0 Å². The van der Waals surface area contributed by atoms with Crippen molar-refractivity contribution in [3.8, 4) is 0 Å². The number of rotatable bonds is 3. The van der Waals surface area contributed by atoms with Crippen LogP contribution in [0.25, 0.3) is 0 Å². The highest BCUT2D eigenvalue weighted by atomic mass is 16.2. The molecule has 0 aromatic heterocycles. The molecule has 0 aromatic rings. The molecule has 0 bridgehead atoms. The van der Waals surface area contributed by atoms with E-state index in [0.29, 0.717) is 0 Å². The minimum Gasteiger partial charge on any atom is -0.370 e. The fraction of sp³-hybridized carbons (Fsp3) is 0.444. The molecule has 0 radical (unpaired) electrons. The molecule has 3 amide bonds. The molecule has 0 aliphatic carbocycles. The van der Waals surface area contributed by atoms with Crippen LogP contribution in [0.3, 0.4) is 0 Å². The van der Waals surface area contributed by atoms with Gasteiger partial charge in [-0.3, -0.25) is 19.3 Å². The fourth-order valence-electron chi connectivity index (χ4n) is 0.874. The lowest BCUT2D eigenvalue weighted by Gasteiger charge is -2.11. The summed E-state index contributed by atoms with van der Waals surface area (Å²) in [6.45, 7) is 4.07. The molecule has 5 heteroatoms. The Kier molecular flexibility index (Phi) is 5.21. The number of primary amides is 1. The van der Waals surface area contributed by atoms with Gasteiger partial charge in [0.1, 0.15) is 0 Å². The molecule has 0 saturated carbocycles. The monoisotopic (exact) mass is 198 g/mol. The molecule has 78 valence electrons. The second-order valence-electron chi connectivity index (χ2n) is 2.38. The molecule has 0 unspecified atom stereocenters. The Bertz CT molecular complexity index is 253. The quantitative estimate of drug-likeness (QED) is 0.638. The third-order valence-corrected chi connectivity index (χ3v) is 1.48. The van der Waals surface area contributed by atoms with Crippen LogP contribution < -0.4 is 5.73 Å². The first-order valence-electron chi connectivity index (χ1n) is 4.43. The minimum atomic E-state index is -0.525. The lowest BCUT2D eigenvalue weighted by atomic mass is 10.4. The van der Waals surface area contributed by atoms with Crippen molar-refractivity contribution in [3.63, 3.8) is 0 Å². The van der Waals surface area contributed by atoms with Crippen LogP contribution >= 0.6 is 0 Å². The summed E-state index contributed by atoms with van der Waals surface area (Å²) in [5.74, 6) is -1.30. The first kappa shape index (κ1) is 12.3. The average Bonchev–Trinajstić information content (AvgIpc) is 2.47. The van der Waals surface area contributed by atoms with Crippen molar-refractivity contribution >= 4 is 17.7 Å². The number of hydrogen-bond donors (Lipinski definition) is 1. The molecule has 0 saturated heterocycles. The van der Waals surface area contributed by atoms with E-state index in [2.05, 4.69) is 0 Å². The molecule has 0 aromatic carbocycles. The molecule has 0 atom stereocenters. The summed E-state index contributed by atoms with van der Waals surface area (Å²) in [4.78, 5) is 33.0. The van der Waals surface area contributed by atoms with E-state index in [1.54, 1.807) is 0 Å². The van der Waals surface area contributed by atoms with Crippen LogP contribution in [0.4, 0.5) is 0 Å². The molecule has 0 fully saturated rings. The highest BCUT2D eigenvalue weighted by molar-refractivity contribution is 6.13. The van der Waals surface area contributed by atoms with Gasteiger partial charge in [-0.1, -0.05) is 13.8 Å². The predicted octanol–water partition coefficient (Wildman–Crippen LogP) is -0.187. The van der Waals surface area contributed by atoms with Gasteiger partial charge in [-0.15, -0.1) is 0 Å². The van der Waals surface area contributed by atoms with Crippen molar-refractivity contribution in [2.24, 2.45) is 5.73 Å².